The molecule has 2 heterocycles. The Labute approximate surface area is 140 Å². The van der Waals surface area contributed by atoms with Crippen molar-refractivity contribution in [3.8, 4) is 11.6 Å². The minimum Gasteiger partial charge on any atom is -0.484 e. The van der Waals surface area contributed by atoms with Gasteiger partial charge in [0.2, 0.25) is 5.88 Å². The lowest BCUT2D eigenvalue weighted by Gasteiger charge is -2.17. The first-order valence-electron chi connectivity index (χ1n) is 7.92. The molecule has 1 aliphatic heterocycles. The van der Waals surface area contributed by atoms with Gasteiger partial charge in [0.05, 0.1) is 13.2 Å². The third-order valence-electron chi connectivity index (χ3n) is 3.89. The second kappa shape index (κ2) is 7.79. The maximum atomic E-state index is 12.2. The summed E-state index contributed by atoms with van der Waals surface area (Å²) in [4.78, 5) is 18.1. The lowest BCUT2D eigenvalue weighted by Crippen LogP contribution is -2.34. The number of pyridine rings is 1. The highest BCUT2D eigenvalue weighted by Crippen LogP contribution is 2.17. The van der Waals surface area contributed by atoms with Gasteiger partial charge in [-0.1, -0.05) is 18.2 Å². The van der Waals surface area contributed by atoms with Gasteiger partial charge in [-0.2, -0.15) is 0 Å². The van der Waals surface area contributed by atoms with E-state index < -0.39 is 0 Å². The highest BCUT2D eigenvalue weighted by atomic mass is 16.5. The van der Waals surface area contributed by atoms with Crippen LogP contribution in [0.1, 0.15) is 12.0 Å². The molecule has 1 unspecified atom stereocenters. The van der Waals surface area contributed by atoms with Crippen LogP contribution in [0.5, 0.6) is 11.6 Å². The van der Waals surface area contributed by atoms with Crippen LogP contribution in [0, 0.1) is 0 Å². The topological polar surface area (TPSA) is 71.9 Å². The van der Waals surface area contributed by atoms with Crippen LogP contribution in [0.15, 0.2) is 48.7 Å². The molecule has 0 saturated carbocycles. The Kier molecular flexibility index (Phi) is 5.28. The summed E-state index contributed by atoms with van der Waals surface area (Å²) in [6.45, 7) is 1.19. The number of aliphatic hydroxyl groups is 1. The molecule has 1 aromatic carbocycles. The van der Waals surface area contributed by atoms with E-state index in [4.69, 9.17) is 14.6 Å². The minimum atomic E-state index is -0.0617. The van der Waals surface area contributed by atoms with Gasteiger partial charge in [0.15, 0.2) is 6.61 Å². The summed E-state index contributed by atoms with van der Waals surface area (Å²) in [5.41, 5.74) is 0.808. The molecule has 1 amide bonds. The van der Waals surface area contributed by atoms with Crippen LogP contribution in [0.2, 0.25) is 0 Å². The van der Waals surface area contributed by atoms with E-state index >= 15 is 0 Å². The van der Waals surface area contributed by atoms with Crippen LogP contribution in [-0.2, 0) is 11.4 Å². The van der Waals surface area contributed by atoms with Gasteiger partial charge in [0.1, 0.15) is 11.9 Å². The highest BCUT2D eigenvalue weighted by molar-refractivity contribution is 5.78. The molecule has 0 spiro atoms. The number of amides is 1. The van der Waals surface area contributed by atoms with Crippen molar-refractivity contribution < 1.29 is 19.4 Å². The van der Waals surface area contributed by atoms with Crippen molar-refractivity contribution in [2.45, 2.75) is 19.1 Å². The molecule has 6 nitrogen and oxygen atoms in total. The molecule has 1 saturated heterocycles. The number of likely N-dealkylation sites (tertiary alicyclic amines) is 1. The Hall–Kier alpha value is -2.60. The molecule has 24 heavy (non-hydrogen) atoms. The van der Waals surface area contributed by atoms with Gasteiger partial charge >= 0.3 is 0 Å². The van der Waals surface area contributed by atoms with E-state index in [0.717, 1.165) is 12.0 Å². The largest absolute Gasteiger partial charge is 0.484 e. The normalized spacial score (nSPS) is 16.9. The maximum Gasteiger partial charge on any atom is 0.260 e. The number of nitrogens with zero attached hydrogens (tertiary/aromatic N) is 2. The number of hydrogen-bond donors (Lipinski definition) is 1. The molecule has 1 N–H and O–H groups in total. The monoisotopic (exact) mass is 328 g/mol. The van der Waals surface area contributed by atoms with Gasteiger partial charge in [-0.05, 0) is 23.8 Å². The number of rotatable bonds is 6. The van der Waals surface area contributed by atoms with E-state index in [0.29, 0.717) is 24.7 Å². The summed E-state index contributed by atoms with van der Waals surface area (Å²) in [7, 11) is 0. The van der Waals surface area contributed by atoms with Crippen molar-refractivity contribution in [2.75, 3.05) is 19.7 Å². The quantitative estimate of drug-likeness (QED) is 0.873. The fraction of sp³-hybridized carbons (Fsp3) is 0.333. The summed E-state index contributed by atoms with van der Waals surface area (Å²) >= 11 is 0. The third-order valence-corrected chi connectivity index (χ3v) is 3.89. The van der Waals surface area contributed by atoms with Crippen LogP contribution in [0.3, 0.4) is 0 Å². The van der Waals surface area contributed by atoms with Crippen LogP contribution < -0.4 is 9.47 Å². The number of aromatic nitrogens is 1. The molecule has 1 aliphatic rings. The fourth-order valence-corrected chi connectivity index (χ4v) is 2.57. The summed E-state index contributed by atoms with van der Waals surface area (Å²) in [5, 5.41) is 9.00. The van der Waals surface area contributed by atoms with Crippen molar-refractivity contribution in [1.29, 1.82) is 0 Å². The fourth-order valence-electron chi connectivity index (χ4n) is 2.57. The van der Waals surface area contributed by atoms with Crippen molar-refractivity contribution in [3.05, 3.63) is 54.2 Å². The van der Waals surface area contributed by atoms with Crippen molar-refractivity contribution in [3.63, 3.8) is 0 Å². The molecule has 6 heteroatoms. The predicted octanol–water partition coefficient (Wildman–Crippen LogP) is 1.63. The van der Waals surface area contributed by atoms with Crippen molar-refractivity contribution in [2.24, 2.45) is 0 Å². The van der Waals surface area contributed by atoms with Crippen LogP contribution >= 0.6 is 0 Å². The molecule has 3 rings (SSSR count). The standard InChI is InChI=1S/C18H20N2O4/c21-12-14-4-6-15(7-5-14)23-13-18(22)20-10-8-16(11-20)24-17-3-1-2-9-19-17/h1-7,9,16,21H,8,10-13H2. The second-order valence-electron chi connectivity index (χ2n) is 5.63. The Balaban J connectivity index is 1.45. The molecular formula is C18H20N2O4. The smallest absolute Gasteiger partial charge is 0.260 e. The molecule has 1 fully saturated rings. The molecule has 1 atom stereocenters. The Bertz CT molecular complexity index is 660. The van der Waals surface area contributed by atoms with E-state index in [9.17, 15) is 4.79 Å². The molecule has 2 aromatic rings. The molecular weight excluding hydrogens is 308 g/mol. The van der Waals surface area contributed by atoms with Crippen LogP contribution in [0.4, 0.5) is 0 Å². The number of hydrogen-bond acceptors (Lipinski definition) is 5. The predicted molar refractivity (Wildman–Crippen MR) is 87.7 cm³/mol. The molecule has 0 radical (unpaired) electrons. The Morgan fingerprint density at radius 2 is 2.08 bits per heavy atom. The lowest BCUT2D eigenvalue weighted by molar-refractivity contribution is -0.132. The van der Waals surface area contributed by atoms with Gasteiger partial charge in [0, 0.05) is 25.2 Å². The van der Waals surface area contributed by atoms with Gasteiger partial charge in [0.25, 0.3) is 5.91 Å². The minimum absolute atomic E-state index is 0.00518. The zero-order valence-electron chi connectivity index (χ0n) is 13.3. The number of carbonyl (C=O) groups excluding carboxylic acids is 1. The van der Waals surface area contributed by atoms with E-state index in [-0.39, 0.29) is 25.2 Å². The highest BCUT2D eigenvalue weighted by Gasteiger charge is 2.28. The summed E-state index contributed by atoms with van der Waals surface area (Å²) < 4.78 is 11.3. The van der Waals surface area contributed by atoms with Crippen LogP contribution in [0.25, 0.3) is 0 Å². The van der Waals surface area contributed by atoms with Crippen molar-refractivity contribution >= 4 is 5.91 Å². The number of ether oxygens (including phenoxy) is 2. The zero-order chi connectivity index (χ0) is 16.8. The number of benzene rings is 1. The van der Waals surface area contributed by atoms with Gasteiger partial charge in [-0.25, -0.2) is 4.98 Å². The molecule has 1 aromatic heterocycles. The second-order valence-corrected chi connectivity index (χ2v) is 5.63. The molecule has 0 aliphatic carbocycles. The molecule has 126 valence electrons. The summed E-state index contributed by atoms with van der Waals surface area (Å²) in [6.07, 6.45) is 2.43. The zero-order valence-corrected chi connectivity index (χ0v) is 13.3. The lowest BCUT2D eigenvalue weighted by atomic mass is 10.2. The SMILES string of the molecule is O=C(COc1ccc(CO)cc1)N1CCC(Oc2ccccn2)C1. The van der Waals surface area contributed by atoms with Crippen molar-refractivity contribution in [1.82, 2.24) is 9.88 Å². The van der Waals surface area contributed by atoms with E-state index in [1.807, 2.05) is 18.2 Å². The van der Waals surface area contributed by atoms with E-state index in [1.54, 1.807) is 35.4 Å². The van der Waals surface area contributed by atoms with E-state index in [1.165, 1.54) is 0 Å². The average Bonchev–Trinajstić information content (AvgIpc) is 3.09. The van der Waals surface area contributed by atoms with E-state index in [2.05, 4.69) is 4.98 Å². The Morgan fingerprint density at radius 3 is 2.79 bits per heavy atom. The first-order chi connectivity index (χ1) is 11.7. The first-order valence-corrected chi connectivity index (χ1v) is 7.92. The number of carbonyl (C=O) groups is 1. The van der Waals surface area contributed by atoms with Gasteiger partial charge < -0.3 is 19.5 Å². The first kappa shape index (κ1) is 16.3. The Morgan fingerprint density at radius 1 is 1.25 bits per heavy atom. The third kappa shape index (κ3) is 4.23. The maximum absolute atomic E-state index is 12.2. The van der Waals surface area contributed by atoms with Crippen LogP contribution in [-0.4, -0.2) is 46.7 Å². The van der Waals surface area contributed by atoms with Gasteiger partial charge in [-0.15, -0.1) is 0 Å². The summed E-state index contributed by atoms with van der Waals surface area (Å²) in [6, 6.07) is 12.5. The summed E-state index contributed by atoms with van der Waals surface area (Å²) in [5.74, 6) is 1.13. The number of aliphatic hydroxyl groups excluding tert-OH is 1. The van der Waals surface area contributed by atoms with Gasteiger partial charge in [-0.3, -0.25) is 4.79 Å². The average molecular weight is 328 g/mol. The molecule has 0 bridgehead atoms.